The minimum Gasteiger partial charge on any atom is -0.484 e. The Labute approximate surface area is 156 Å². The van der Waals surface area contributed by atoms with Gasteiger partial charge in [-0.15, -0.1) is 0 Å². The van der Waals surface area contributed by atoms with Crippen LogP contribution in [0.1, 0.15) is 30.0 Å². The standard InChI is InChI=1S/C19H21FN4O3/c1-23-8-12-9-24(17(25)11-27-15-6-2-13(20)3-7-15)10-16(18(12)22-23)19(26)21-14-4-5-14/h2-3,6-8,14,16H,4-5,9-11H2,1H3,(H,21,26). The second kappa shape index (κ2) is 7.02. The molecule has 1 aromatic heterocycles. The predicted octanol–water partition coefficient (Wildman–Crippen LogP) is 1.34. The van der Waals surface area contributed by atoms with Gasteiger partial charge in [0, 0.05) is 37.9 Å². The summed E-state index contributed by atoms with van der Waals surface area (Å²) in [6, 6.07) is 5.76. The second-order valence-corrected chi connectivity index (χ2v) is 7.07. The molecule has 1 aliphatic carbocycles. The van der Waals surface area contributed by atoms with E-state index in [9.17, 15) is 14.0 Å². The van der Waals surface area contributed by atoms with Crippen LogP contribution in [0, 0.1) is 5.82 Å². The van der Waals surface area contributed by atoms with Crippen LogP contribution in [0.15, 0.2) is 30.5 Å². The lowest BCUT2D eigenvalue weighted by Gasteiger charge is -2.31. The van der Waals surface area contributed by atoms with Crippen LogP contribution in [-0.4, -0.2) is 45.7 Å². The van der Waals surface area contributed by atoms with Gasteiger partial charge in [0.25, 0.3) is 5.91 Å². The molecule has 0 radical (unpaired) electrons. The number of fused-ring (bicyclic) bond motifs is 1. The number of amides is 2. The number of ether oxygens (including phenoxy) is 1. The average Bonchev–Trinajstić information content (AvgIpc) is 3.37. The molecule has 142 valence electrons. The quantitative estimate of drug-likeness (QED) is 0.859. The highest BCUT2D eigenvalue weighted by Crippen LogP contribution is 2.29. The van der Waals surface area contributed by atoms with Crippen LogP contribution in [0.5, 0.6) is 5.75 Å². The number of carbonyl (C=O) groups excluding carboxylic acids is 2. The molecule has 2 amide bonds. The van der Waals surface area contributed by atoms with Gasteiger partial charge in [-0.25, -0.2) is 4.39 Å². The molecule has 0 bridgehead atoms. The number of nitrogens with zero attached hydrogens (tertiary/aromatic N) is 3. The van der Waals surface area contributed by atoms with Gasteiger partial charge in [0.1, 0.15) is 11.6 Å². The summed E-state index contributed by atoms with van der Waals surface area (Å²) in [5.74, 6) is -0.733. The van der Waals surface area contributed by atoms with Crippen molar-refractivity contribution in [1.29, 1.82) is 0 Å². The van der Waals surface area contributed by atoms with Crippen LogP contribution in [0.3, 0.4) is 0 Å². The van der Waals surface area contributed by atoms with Crippen LogP contribution >= 0.6 is 0 Å². The summed E-state index contributed by atoms with van der Waals surface area (Å²) in [7, 11) is 1.80. The molecule has 1 atom stereocenters. The fraction of sp³-hybridized carbons (Fsp3) is 0.421. The zero-order valence-electron chi connectivity index (χ0n) is 15.0. The van der Waals surface area contributed by atoms with Crippen molar-refractivity contribution in [1.82, 2.24) is 20.0 Å². The number of rotatable bonds is 5. The smallest absolute Gasteiger partial charge is 0.260 e. The van der Waals surface area contributed by atoms with E-state index in [-0.39, 0.29) is 36.8 Å². The summed E-state index contributed by atoms with van der Waals surface area (Å²) >= 11 is 0. The number of halogens is 1. The number of aryl methyl sites for hydroxylation is 1. The molecule has 0 saturated heterocycles. The van der Waals surface area contributed by atoms with Crippen LogP contribution < -0.4 is 10.1 Å². The summed E-state index contributed by atoms with van der Waals surface area (Å²) in [6.07, 6.45) is 3.84. The molecule has 2 heterocycles. The molecule has 27 heavy (non-hydrogen) atoms. The van der Waals surface area contributed by atoms with Crippen LogP contribution in [0.25, 0.3) is 0 Å². The molecule has 2 aliphatic rings. The van der Waals surface area contributed by atoms with E-state index in [1.807, 2.05) is 6.20 Å². The van der Waals surface area contributed by atoms with Crippen molar-refractivity contribution in [3.63, 3.8) is 0 Å². The van der Waals surface area contributed by atoms with Gasteiger partial charge < -0.3 is 15.0 Å². The third-order valence-electron chi connectivity index (χ3n) is 4.80. The van der Waals surface area contributed by atoms with Crippen molar-refractivity contribution < 1.29 is 18.7 Å². The number of benzene rings is 1. The molecule has 1 N–H and O–H groups in total. The van der Waals surface area contributed by atoms with Crippen molar-refractivity contribution in [3.8, 4) is 5.75 Å². The van der Waals surface area contributed by atoms with E-state index in [4.69, 9.17) is 4.74 Å². The van der Waals surface area contributed by atoms with Crippen molar-refractivity contribution >= 4 is 11.8 Å². The Morgan fingerprint density at radius 2 is 2.04 bits per heavy atom. The number of carbonyl (C=O) groups is 2. The molecule has 4 rings (SSSR count). The average molecular weight is 372 g/mol. The van der Waals surface area contributed by atoms with Gasteiger partial charge in [0.05, 0.1) is 11.6 Å². The Morgan fingerprint density at radius 3 is 2.74 bits per heavy atom. The number of aromatic nitrogens is 2. The first-order chi connectivity index (χ1) is 13.0. The van der Waals surface area contributed by atoms with Crippen LogP contribution in [-0.2, 0) is 23.2 Å². The van der Waals surface area contributed by atoms with Crippen molar-refractivity contribution in [2.75, 3.05) is 13.2 Å². The van der Waals surface area contributed by atoms with E-state index in [0.717, 1.165) is 24.1 Å². The van der Waals surface area contributed by atoms with E-state index in [1.54, 1.807) is 16.6 Å². The van der Waals surface area contributed by atoms with E-state index in [1.165, 1.54) is 24.3 Å². The fourth-order valence-electron chi connectivity index (χ4n) is 3.24. The first-order valence-electron chi connectivity index (χ1n) is 8.98. The molecule has 1 aromatic carbocycles. The minimum atomic E-state index is -0.481. The molecule has 1 aliphatic heterocycles. The third kappa shape index (κ3) is 3.94. The van der Waals surface area contributed by atoms with E-state index >= 15 is 0 Å². The molecule has 2 aromatic rings. The van der Waals surface area contributed by atoms with Crippen LogP contribution in [0.2, 0.25) is 0 Å². The number of hydrogen-bond acceptors (Lipinski definition) is 4. The lowest BCUT2D eigenvalue weighted by molar-refractivity contribution is -0.135. The Bertz CT molecular complexity index is 860. The SMILES string of the molecule is Cn1cc2c(n1)C(C(=O)NC1CC1)CN(C(=O)COc1ccc(F)cc1)C2. The van der Waals surface area contributed by atoms with Crippen molar-refractivity contribution in [2.24, 2.45) is 7.05 Å². The lowest BCUT2D eigenvalue weighted by atomic mass is 9.95. The normalized spacial score (nSPS) is 18.7. The van der Waals surface area contributed by atoms with Crippen molar-refractivity contribution in [3.05, 3.63) is 47.5 Å². The van der Waals surface area contributed by atoms with Gasteiger partial charge >= 0.3 is 0 Å². The van der Waals surface area contributed by atoms with Gasteiger partial charge in [-0.05, 0) is 37.1 Å². The zero-order chi connectivity index (χ0) is 19.0. The lowest BCUT2D eigenvalue weighted by Crippen LogP contribution is -2.45. The summed E-state index contributed by atoms with van der Waals surface area (Å²) < 4.78 is 20.1. The van der Waals surface area contributed by atoms with Gasteiger partial charge in [-0.2, -0.15) is 5.10 Å². The Morgan fingerprint density at radius 1 is 1.30 bits per heavy atom. The van der Waals surface area contributed by atoms with E-state index < -0.39 is 5.92 Å². The highest BCUT2D eigenvalue weighted by molar-refractivity contribution is 5.86. The van der Waals surface area contributed by atoms with Crippen LogP contribution in [0.4, 0.5) is 4.39 Å². The topological polar surface area (TPSA) is 76.5 Å². The molecule has 1 unspecified atom stereocenters. The molecule has 1 saturated carbocycles. The highest BCUT2D eigenvalue weighted by Gasteiger charge is 2.37. The molecule has 0 spiro atoms. The Balaban J connectivity index is 1.45. The first-order valence-corrected chi connectivity index (χ1v) is 8.98. The number of nitrogens with one attached hydrogen (secondary N) is 1. The largest absolute Gasteiger partial charge is 0.484 e. The predicted molar refractivity (Wildman–Crippen MR) is 94.4 cm³/mol. The number of hydrogen-bond donors (Lipinski definition) is 1. The molecular formula is C19H21FN4O3. The molecule has 7 nitrogen and oxygen atoms in total. The maximum Gasteiger partial charge on any atom is 0.260 e. The second-order valence-electron chi connectivity index (χ2n) is 7.07. The van der Waals surface area contributed by atoms with Crippen molar-refractivity contribution in [2.45, 2.75) is 31.3 Å². The first kappa shape index (κ1) is 17.5. The maximum absolute atomic E-state index is 13.0. The monoisotopic (exact) mass is 372 g/mol. The van der Waals surface area contributed by atoms with Gasteiger partial charge in [-0.1, -0.05) is 0 Å². The van der Waals surface area contributed by atoms with E-state index in [2.05, 4.69) is 10.4 Å². The maximum atomic E-state index is 13.0. The summed E-state index contributed by atoms with van der Waals surface area (Å²) in [5, 5.41) is 7.43. The van der Waals surface area contributed by atoms with Gasteiger partial charge in [-0.3, -0.25) is 14.3 Å². The summed E-state index contributed by atoms with van der Waals surface area (Å²) in [4.78, 5) is 26.9. The highest BCUT2D eigenvalue weighted by atomic mass is 19.1. The van der Waals surface area contributed by atoms with Gasteiger partial charge in [0.15, 0.2) is 6.61 Å². The summed E-state index contributed by atoms with van der Waals surface area (Å²) in [6.45, 7) is 0.494. The molecule has 8 heteroatoms. The molecule has 1 fully saturated rings. The third-order valence-corrected chi connectivity index (χ3v) is 4.80. The zero-order valence-corrected chi connectivity index (χ0v) is 15.0. The van der Waals surface area contributed by atoms with Gasteiger partial charge in [0.2, 0.25) is 5.91 Å². The Hall–Kier alpha value is -2.90. The summed E-state index contributed by atoms with van der Waals surface area (Å²) in [5.41, 5.74) is 1.61. The minimum absolute atomic E-state index is 0.0885. The fourth-order valence-corrected chi connectivity index (χ4v) is 3.24. The molecular weight excluding hydrogens is 351 g/mol. The Kier molecular flexibility index (Phi) is 4.55. The van der Waals surface area contributed by atoms with E-state index in [0.29, 0.717) is 12.3 Å².